The molecule has 0 fully saturated rings. The van der Waals surface area contributed by atoms with Crippen LogP contribution in [0, 0.1) is 12.7 Å². The van der Waals surface area contributed by atoms with E-state index >= 15 is 0 Å². The third-order valence-corrected chi connectivity index (χ3v) is 4.89. The Balaban J connectivity index is 1.49. The number of thiophene rings is 1. The maximum Gasteiger partial charge on any atom is 0.290 e. The first-order valence-corrected chi connectivity index (χ1v) is 9.82. The number of benzene rings is 1. The number of hydrogen-bond acceptors (Lipinski definition) is 7. The van der Waals surface area contributed by atoms with Crippen molar-refractivity contribution in [3.63, 3.8) is 0 Å². The normalized spacial score (nSPS) is 11.0. The quantitative estimate of drug-likeness (QED) is 0.468. The molecule has 0 saturated heterocycles. The van der Waals surface area contributed by atoms with Crippen LogP contribution in [0.4, 0.5) is 4.39 Å². The number of nitrogens with zero attached hydrogens (tertiary/aromatic N) is 5. The standard InChI is InChI=1S/C19H17FN6O2S/c1-12-22-16(28-25-12)8-3-9-21-19(27)17-23-18(15-7-4-10-29-15)26(24-17)14-6-2-5-13(20)11-14/h2,4-7,10-11H,3,8-9H2,1H3,(H,21,27). The molecule has 4 rings (SSSR count). The zero-order chi connectivity index (χ0) is 20.2. The van der Waals surface area contributed by atoms with Gasteiger partial charge in [-0.05, 0) is 43.0 Å². The molecule has 1 N–H and O–H groups in total. The van der Waals surface area contributed by atoms with Crippen LogP contribution in [0.3, 0.4) is 0 Å². The monoisotopic (exact) mass is 412 g/mol. The molecule has 0 spiro atoms. The first kappa shape index (κ1) is 18.9. The Morgan fingerprint density at radius 2 is 2.17 bits per heavy atom. The van der Waals surface area contributed by atoms with E-state index in [-0.39, 0.29) is 5.82 Å². The Morgan fingerprint density at radius 3 is 2.90 bits per heavy atom. The number of nitrogens with one attached hydrogen (secondary N) is 1. The third-order valence-electron chi connectivity index (χ3n) is 4.03. The largest absolute Gasteiger partial charge is 0.349 e. The van der Waals surface area contributed by atoms with Crippen LogP contribution in [0.5, 0.6) is 0 Å². The van der Waals surface area contributed by atoms with Crippen LogP contribution in [-0.2, 0) is 6.42 Å². The molecule has 0 atom stereocenters. The van der Waals surface area contributed by atoms with Crippen LogP contribution < -0.4 is 5.32 Å². The number of rotatable bonds is 7. The van der Waals surface area contributed by atoms with Crippen molar-refractivity contribution in [3.8, 4) is 16.4 Å². The zero-order valence-electron chi connectivity index (χ0n) is 15.5. The number of carbonyl (C=O) groups excluding carboxylic acids is 1. The van der Waals surface area contributed by atoms with Crippen molar-refractivity contribution in [2.24, 2.45) is 0 Å². The second kappa shape index (κ2) is 8.31. The molecular formula is C19H17FN6O2S. The van der Waals surface area contributed by atoms with Gasteiger partial charge in [-0.2, -0.15) is 4.98 Å². The molecule has 0 unspecified atom stereocenters. The van der Waals surface area contributed by atoms with Crippen molar-refractivity contribution < 1.29 is 13.7 Å². The summed E-state index contributed by atoms with van der Waals surface area (Å²) in [5.41, 5.74) is 0.492. The maximum absolute atomic E-state index is 13.7. The molecule has 4 aromatic rings. The Hall–Kier alpha value is -3.40. The fraction of sp³-hybridized carbons (Fsp3) is 0.211. The van der Waals surface area contributed by atoms with Crippen molar-refractivity contribution >= 4 is 17.2 Å². The van der Waals surface area contributed by atoms with Crippen LogP contribution in [0.1, 0.15) is 28.8 Å². The summed E-state index contributed by atoms with van der Waals surface area (Å²) >= 11 is 1.46. The molecule has 3 heterocycles. The van der Waals surface area contributed by atoms with Gasteiger partial charge in [0.15, 0.2) is 11.6 Å². The Bertz CT molecular complexity index is 1120. The van der Waals surface area contributed by atoms with E-state index in [1.165, 1.54) is 28.2 Å². The Kier molecular flexibility index (Phi) is 5.43. The predicted molar refractivity (Wildman–Crippen MR) is 104 cm³/mol. The van der Waals surface area contributed by atoms with Crippen molar-refractivity contribution in [2.75, 3.05) is 6.54 Å². The van der Waals surface area contributed by atoms with Crippen LogP contribution >= 0.6 is 11.3 Å². The summed E-state index contributed by atoms with van der Waals surface area (Å²) in [5, 5.41) is 12.7. The molecule has 1 amide bonds. The highest BCUT2D eigenvalue weighted by Gasteiger charge is 2.19. The first-order chi connectivity index (χ1) is 14.1. The van der Waals surface area contributed by atoms with Crippen molar-refractivity contribution in [1.29, 1.82) is 0 Å². The number of aromatic nitrogens is 5. The predicted octanol–water partition coefficient (Wildman–Crippen LogP) is 3.19. The molecule has 10 heteroatoms. The third kappa shape index (κ3) is 4.37. The zero-order valence-corrected chi connectivity index (χ0v) is 16.3. The Labute approximate surface area is 169 Å². The minimum atomic E-state index is -0.403. The lowest BCUT2D eigenvalue weighted by molar-refractivity contribution is 0.0942. The summed E-state index contributed by atoms with van der Waals surface area (Å²) in [7, 11) is 0. The number of aryl methyl sites for hydroxylation is 2. The average molecular weight is 412 g/mol. The molecule has 29 heavy (non-hydrogen) atoms. The van der Waals surface area contributed by atoms with Gasteiger partial charge in [0.05, 0.1) is 10.6 Å². The van der Waals surface area contributed by atoms with E-state index in [0.29, 0.717) is 42.6 Å². The summed E-state index contributed by atoms with van der Waals surface area (Å²) in [5.74, 6) is 0.822. The Morgan fingerprint density at radius 1 is 1.28 bits per heavy atom. The lowest BCUT2D eigenvalue weighted by Crippen LogP contribution is -2.26. The number of halogens is 1. The molecular weight excluding hydrogens is 395 g/mol. The highest BCUT2D eigenvalue weighted by molar-refractivity contribution is 7.13. The first-order valence-electron chi connectivity index (χ1n) is 8.94. The fourth-order valence-corrected chi connectivity index (χ4v) is 3.42. The van der Waals surface area contributed by atoms with Gasteiger partial charge in [0.2, 0.25) is 11.7 Å². The van der Waals surface area contributed by atoms with E-state index in [1.54, 1.807) is 19.1 Å². The highest BCUT2D eigenvalue weighted by atomic mass is 32.1. The SMILES string of the molecule is Cc1noc(CCCNC(=O)c2nc(-c3cccs3)n(-c3cccc(F)c3)n2)n1. The van der Waals surface area contributed by atoms with Gasteiger partial charge in [-0.3, -0.25) is 4.79 Å². The minimum absolute atomic E-state index is 0.0197. The van der Waals surface area contributed by atoms with E-state index in [4.69, 9.17) is 4.52 Å². The van der Waals surface area contributed by atoms with E-state index in [1.807, 2.05) is 17.5 Å². The topological polar surface area (TPSA) is 98.7 Å². The highest BCUT2D eigenvalue weighted by Crippen LogP contribution is 2.25. The van der Waals surface area contributed by atoms with E-state index in [9.17, 15) is 9.18 Å². The average Bonchev–Trinajstić information content (AvgIpc) is 3.45. The van der Waals surface area contributed by atoms with Crippen molar-refractivity contribution in [2.45, 2.75) is 19.8 Å². The molecule has 0 saturated carbocycles. The molecule has 0 aliphatic heterocycles. The lowest BCUT2D eigenvalue weighted by Gasteiger charge is -2.04. The molecule has 0 aliphatic carbocycles. The summed E-state index contributed by atoms with van der Waals surface area (Å²) in [6, 6.07) is 9.75. The van der Waals surface area contributed by atoms with Gasteiger partial charge in [-0.15, -0.1) is 16.4 Å². The van der Waals surface area contributed by atoms with Gasteiger partial charge in [0, 0.05) is 13.0 Å². The second-order valence-electron chi connectivity index (χ2n) is 6.22. The summed E-state index contributed by atoms with van der Waals surface area (Å²) in [4.78, 5) is 21.9. The van der Waals surface area contributed by atoms with Crippen LogP contribution in [0.25, 0.3) is 16.4 Å². The van der Waals surface area contributed by atoms with Gasteiger partial charge in [-0.25, -0.2) is 14.1 Å². The lowest BCUT2D eigenvalue weighted by atomic mass is 10.3. The maximum atomic E-state index is 13.7. The van der Waals surface area contributed by atoms with Crippen LogP contribution in [-0.4, -0.2) is 37.4 Å². The molecule has 8 nitrogen and oxygen atoms in total. The molecule has 0 bridgehead atoms. The van der Waals surface area contributed by atoms with Gasteiger partial charge in [0.25, 0.3) is 5.91 Å². The van der Waals surface area contributed by atoms with Gasteiger partial charge in [0.1, 0.15) is 5.82 Å². The molecule has 0 aliphatic rings. The number of hydrogen-bond donors (Lipinski definition) is 1. The smallest absolute Gasteiger partial charge is 0.290 e. The minimum Gasteiger partial charge on any atom is -0.349 e. The molecule has 3 aromatic heterocycles. The van der Waals surface area contributed by atoms with Crippen molar-refractivity contribution in [1.82, 2.24) is 30.2 Å². The second-order valence-corrected chi connectivity index (χ2v) is 7.17. The van der Waals surface area contributed by atoms with Crippen LogP contribution in [0.2, 0.25) is 0 Å². The van der Waals surface area contributed by atoms with Gasteiger partial charge >= 0.3 is 0 Å². The molecule has 0 radical (unpaired) electrons. The molecule has 1 aromatic carbocycles. The van der Waals surface area contributed by atoms with E-state index < -0.39 is 11.7 Å². The summed E-state index contributed by atoms with van der Waals surface area (Å²) < 4.78 is 20.2. The number of carbonyl (C=O) groups is 1. The van der Waals surface area contributed by atoms with Gasteiger partial charge < -0.3 is 9.84 Å². The molecule has 148 valence electrons. The van der Waals surface area contributed by atoms with Gasteiger partial charge in [-0.1, -0.05) is 17.3 Å². The van der Waals surface area contributed by atoms with E-state index in [2.05, 4.69) is 25.5 Å². The number of amides is 1. The summed E-state index contributed by atoms with van der Waals surface area (Å²) in [6.45, 7) is 2.16. The summed E-state index contributed by atoms with van der Waals surface area (Å²) in [6.07, 6.45) is 1.20. The van der Waals surface area contributed by atoms with Crippen molar-refractivity contribution in [3.05, 3.63) is 65.1 Å². The van der Waals surface area contributed by atoms with E-state index in [0.717, 1.165) is 4.88 Å². The van der Waals surface area contributed by atoms with Crippen LogP contribution in [0.15, 0.2) is 46.3 Å². The fourth-order valence-electron chi connectivity index (χ4n) is 2.72.